The molecule has 10 nitrogen and oxygen atoms in total. The number of amides is 2. The van der Waals surface area contributed by atoms with E-state index in [-0.39, 0.29) is 84.1 Å². The van der Waals surface area contributed by atoms with Crippen molar-refractivity contribution >= 4 is 63.8 Å². The molecular formula is C29H50N4O6S3. The summed E-state index contributed by atoms with van der Waals surface area (Å²) in [7, 11) is 3.30. The molecule has 2 amide bonds. The second-order valence-electron chi connectivity index (χ2n) is 10.8. The standard InChI is InChI=1S/C28H40N4O6.CH4.3H2S/c1-36-16-15-30-11-13-31(14-12-30)21-9-7-20(8-10-21)27(34)29-24(19-5-3-4-6-19)28(35)32-17-23(37-2)26-25(32)22(33)18-38-26;;;;/h7-10,19,23-26H,3-6,11-18H2,1-2H3,(H,29,34);1H4;3*1H2/t23-,24+,25-,26-;;;;/m1..../s1. The van der Waals surface area contributed by atoms with Gasteiger partial charge in [0.25, 0.3) is 5.91 Å². The summed E-state index contributed by atoms with van der Waals surface area (Å²) in [6.07, 6.45) is 3.05. The molecule has 1 aromatic carbocycles. The fraction of sp³-hybridized carbons (Fsp3) is 0.690. The van der Waals surface area contributed by atoms with Crippen molar-refractivity contribution in [3.05, 3.63) is 29.8 Å². The third kappa shape index (κ3) is 8.36. The molecule has 3 heterocycles. The Hall–Kier alpha value is -1.48. The SMILES string of the molecule is C.COCCN1CCN(c2ccc(C(=O)N[C@H](C(=O)N3C[C@@H](OC)[C@H]4OCC(=O)[C@H]43)C3CCCC3)cc2)CC1.S.S.S. The van der Waals surface area contributed by atoms with Crippen LogP contribution < -0.4 is 10.2 Å². The minimum atomic E-state index is -0.672. The Labute approximate surface area is 271 Å². The highest BCUT2D eigenvalue weighted by Gasteiger charge is 2.54. The van der Waals surface area contributed by atoms with Gasteiger partial charge in [-0.1, -0.05) is 20.3 Å². The Bertz CT molecular complexity index is 1010. The zero-order valence-electron chi connectivity index (χ0n) is 24.0. The number of carbonyl (C=O) groups is 3. The number of methoxy groups -OCH3 is 2. The van der Waals surface area contributed by atoms with E-state index in [0.29, 0.717) is 12.1 Å². The molecule has 1 aromatic rings. The summed E-state index contributed by atoms with van der Waals surface area (Å²) in [5, 5.41) is 3.05. The zero-order valence-corrected chi connectivity index (χ0v) is 27.0. The largest absolute Gasteiger partial charge is 0.383 e. The van der Waals surface area contributed by atoms with Crippen LogP contribution in [0.25, 0.3) is 0 Å². The molecule has 0 spiro atoms. The number of fused-ring (bicyclic) bond motifs is 1. The summed E-state index contributed by atoms with van der Waals surface area (Å²) >= 11 is 0. The van der Waals surface area contributed by atoms with Crippen molar-refractivity contribution in [2.24, 2.45) is 5.92 Å². The van der Waals surface area contributed by atoms with Crippen molar-refractivity contribution in [1.29, 1.82) is 0 Å². The van der Waals surface area contributed by atoms with Gasteiger partial charge < -0.3 is 29.3 Å². The van der Waals surface area contributed by atoms with Gasteiger partial charge in [-0.2, -0.15) is 40.5 Å². The van der Waals surface area contributed by atoms with E-state index in [9.17, 15) is 14.4 Å². The van der Waals surface area contributed by atoms with Crippen LogP contribution in [0.1, 0.15) is 43.5 Å². The summed E-state index contributed by atoms with van der Waals surface area (Å²) in [5.41, 5.74) is 1.61. The van der Waals surface area contributed by atoms with E-state index in [0.717, 1.165) is 70.7 Å². The predicted molar refractivity (Wildman–Crippen MR) is 179 cm³/mol. The van der Waals surface area contributed by atoms with Crippen LogP contribution in [0.15, 0.2) is 24.3 Å². The van der Waals surface area contributed by atoms with E-state index in [1.807, 2.05) is 24.3 Å². The zero-order chi connectivity index (χ0) is 26.6. The lowest BCUT2D eigenvalue weighted by Gasteiger charge is -2.36. The van der Waals surface area contributed by atoms with Crippen LogP contribution in [0.4, 0.5) is 5.69 Å². The molecule has 1 N–H and O–H groups in total. The normalized spacial score (nSPS) is 24.5. The van der Waals surface area contributed by atoms with E-state index in [2.05, 4.69) is 15.1 Å². The van der Waals surface area contributed by atoms with Crippen molar-refractivity contribution in [3.8, 4) is 0 Å². The lowest BCUT2D eigenvalue weighted by atomic mass is 9.95. The average Bonchev–Trinajstić information content (AvgIpc) is 3.69. The van der Waals surface area contributed by atoms with Crippen molar-refractivity contribution < 1.29 is 28.6 Å². The van der Waals surface area contributed by atoms with Gasteiger partial charge in [0.2, 0.25) is 5.91 Å². The highest BCUT2D eigenvalue weighted by molar-refractivity contribution is 7.59. The van der Waals surface area contributed by atoms with Gasteiger partial charge >= 0.3 is 0 Å². The second-order valence-corrected chi connectivity index (χ2v) is 10.8. The van der Waals surface area contributed by atoms with E-state index in [1.54, 1.807) is 19.1 Å². The summed E-state index contributed by atoms with van der Waals surface area (Å²) < 4.78 is 16.4. The maximum atomic E-state index is 13.8. The lowest BCUT2D eigenvalue weighted by Crippen LogP contribution is -2.54. The van der Waals surface area contributed by atoms with Gasteiger partial charge in [-0.3, -0.25) is 19.3 Å². The number of nitrogens with zero attached hydrogens (tertiary/aromatic N) is 3. The lowest BCUT2D eigenvalue weighted by molar-refractivity contribution is -0.139. The monoisotopic (exact) mass is 646 g/mol. The summed E-state index contributed by atoms with van der Waals surface area (Å²) in [5.74, 6) is -0.520. The molecule has 5 rings (SSSR count). The first kappa shape index (κ1) is 38.5. The molecule has 3 saturated heterocycles. The number of benzene rings is 1. The highest BCUT2D eigenvalue weighted by atomic mass is 32.1. The smallest absolute Gasteiger partial charge is 0.251 e. The highest BCUT2D eigenvalue weighted by Crippen LogP contribution is 2.33. The molecule has 0 aromatic heterocycles. The van der Waals surface area contributed by atoms with Crippen LogP contribution in [0.3, 0.4) is 0 Å². The Morgan fingerprint density at radius 2 is 1.67 bits per heavy atom. The van der Waals surface area contributed by atoms with Gasteiger partial charge in [0.1, 0.15) is 30.9 Å². The molecule has 1 saturated carbocycles. The predicted octanol–water partition coefficient (Wildman–Crippen LogP) is 1.91. The quantitative estimate of drug-likeness (QED) is 0.435. The van der Waals surface area contributed by atoms with Crippen molar-refractivity contribution in [1.82, 2.24) is 15.1 Å². The summed E-state index contributed by atoms with van der Waals surface area (Å²) in [6.45, 7) is 5.78. The van der Waals surface area contributed by atoms with Gasteiger partial charge in [0.05, 0.1) is 13.2 Å². The molecule has 3 aliphatic heterocycles. The van der Waals surface area contributed by atoms with Crippen LogP contribution in [0.5, 0.6) is 0 Å². The van der Waals surface area contributed by atoms with Crippen LogP contribution in [-0.2, 0) is 23.8 Å². The Morgan fingerprint density at radius 3 is 2.26 bits per heavy atom. The topological polar surface area (TPSA) is 101 Å². The molecule has 1 aliphatic carbocycles. The molecular weight excluding hydrogens is 597 g/mol. The molecule has 4 atom stereocenters. The molecule has 13 heteroatoms. The number of rotatable bonds is 9. The maximum absolute atomic E-state index is 13.8. The fourth-order valence-electron chi connectivity index (χ4n) is 6.40. The van der Waals surface area contributed by atoms with Crippen molar-refractivity contribution in [2.75, 3.05) is 71.6 Å². The van der Waals surface area contributed by atoms with Crippen LogP contribution in [0.2, 0.25) is 0 Å². The number of hydrogen-bond acceptors (Lipinski definition) is 8. The molecule has 0 unspecified atom stereocenters. The number of piperazine rings is 1. The van der Waals surface area contributed by atoms with Crippen molar-refractivity contribution in [3.63, 3.8) is 0 Å². The van der Waals surface area contributed by atoms with E-state index in [4.69, 9.17) is 14.2 Å². The summed E-state index contributed by atoms with van der Waals surface area (Å²) in [4.78, 5) is 46.1. The number of Topliss-reactive ketones (excluding diaryl/α,β-unsaturated/α-hetero) is 1. The van der Waals surface area contributed by atoms with Crippen molar-refractivity contribution in [2.45, 2.75) is 57.4 Å². The number of nitrogens with one attached hydrogen (secondary N) is 1. The number of carbonyl (C=O) groups excluding carboxylic acids is 3. The first-order valence-corrected chi connectivity index (χ1v) is 13.8. The molecule has 240 valence electrons. The Morgan fingerprint density at radius 1 is 1.02 bits per heavy atom. The Kier molecular flexibility index (Phi) is 16.3. The minimum absolute atomic E-state index is 0. The molecule has 4 fully saturated rings. The average molecular weight is 647 g/mol. The second kappa shape index (κ2) is 17.7. The van der Waals surface area contributed by atoms with Gasteiger partial charge in [-0.05, 0) is 43.0 Å². The number of likely N-dealkylation sites (tertiary alicyclic amines) is 1. The van der Waals surface area contributed by atoms with E-state index < -0.39 is 18.2 Å². The minimum Gasteiger partial charge on any atom is -0.383 e. The maximum Gasteiger partial charge on any atom is 0.251 e. The van der Waals surface area contributed by atoms with Crippen LogP contribution in [0, 0.1) is 5.92 Å². The number of ketones is 1. The third-order valence-electron chi connectivity index (χ3n) is 8.63. The van der Waals surface area contributed by atoms with E-state index >= 15 is 0 Å². The van der Waals surface area contributed by atoms with Gasteiger partial charge in [0, 0.05) is 58.2 Å². The van der Waals surface area contributed by atoms with Crippen LogP contribution in [-0.4, -0.2) is 118 Å². The van der Waals surface area contributed by atoms with Gasteiger partial charge in [0.15, 0.2) is 5.78 Å². The van der Waals surface area contributed by atoms with Gasteiger partial charge in [-0.15, -0.1) is 0 Å². The molecule has 4 aliphatic rings. The Balaban J connectivity index is 0.00000220. The van der Waals surface area contributed by atoms with E-state index in [1.165, 1.54) is 0 Å². The molecule has 42 heavy (non-hydrogen) atoms. The molecule has 0 bridgehead atoms. The molecule has 0 radical (unpaired) electrons. The first-order valence-electron chi connectivity index (χ1n) is 13.8. The first-order chi connectivity index (χ1) is 18.5. The number of ether oxygens (including phenoxy) is 3. The third-order valence-corrected chi connectivity index (χ3v) is 8.63. The number of anilines is 1. The fourth-order valence-corrected chi connectivity index (χ4v) is 6.40. The summed E-state index contributed by atoms with van der Waals surface area (Å²) in [6, 6.07) is 6.32. The van der Waals surface area contributed by atoms with Gasteiger partial charge in [-0.25, -0.2) is 0 Å². The number of hydrogen-bond donors (Lipinski definition) is 1. The van der Waals surface area contributed by atoms with Crippen LogP contribution >= 0.6 is 40.5 Å².